The Labute approximate surface area is 126 Å². The zero-order chi connectivity index (χ0) is 15.4. The monoisotopic (exact) mass is 310 g/mol. The maximum absolute atomic E-state index is 13.6. The molecule has 0 N–H and O–H groups in total. The average Bonchev–Trinajstić information content (AvgIpc) is 2.47. The number of carbonyl (C=O) groups is 1. The van der Waals surface area contributed by atoms with Crippen molar-refractivity contribution in [2.24, 2.45) is 0 Å². The summed E-state index contributed by atoms with van der Waals surface area (Å²) in [4.78, 5) is 16.9. The lowest BCUT2D eigenvalue weighted by Crippen LogP contribution is -2.31. The molecule has 3 nitrogen and oxygen atoms in total. The van der Waals surface area contributed by atoms with Crippen LogP contribution in [-0.2, 0) is 6.54 Å². The predicted molar refractivity (Wildman–Crippen MR) is 76.0 cm³/mol. The summed E-state index contributed by atoms with van der Waals surface area (Å²) in [5.41, 5.74) is 0.485. The van der Waals surface area contributed by atoms with Gasteiger partial charge in [-0.05, 0) is 30.7 Å². The van der Waals surface area contributed by atoms with Gasteiger partial charge in [0, 0.05) is 24.3 Å². The molecule has 110 valence electrons. The van der Waals surface area contributed by atoms with Crippen molar-refractivity contribution in [1.29, 1.82) is 0 Å². The molecule has 1 amide bonds. The zero-order valence-corrected chi connectivity index (χ0v) is 12.1. The van der Waals surface area contributed by atoms with Crippen LogP contribution in [0.1, 0.15) is 22.8 Å². The maximum Gasteiger partial charge on any atom is 0.257 e. The van der Waals surface area contributed by atoms with Crippen LogP contribution < -0.4 is 0 Å². The van der Waals surface area contributed by atoms with Crippen molar-refractivity contribution in [2.45, 2.75) is 13.5 Å². The van der Waals surface area contributed by atoms with Gasteiger partial charge in [0.25, 0.3) is 5.91 Å². The van der Waals surface area contributed by atoms with Crippen LogP contribution in [0.25, 0.3) is 0 Å². The second-order valence-corrected chi connectivity index (χ2v) is 4.85. The van der Waals surface area contributed by atoms with E-state index in [-0.39, 0.29) is 12.1 Å². The zero-order valence-electron chi connectivity index (χ0n) is 11.3. The first kappa shape index (κ1) is 15.4. The first-order valence-corrected chi connectivity index (χ1v) is 6.74. The predicted octanol–water partition coefficient (Wildman–Crippen LogP) is 3.68. The van der Waals surface area contributed by atoms with E-state index in [0.717, 1.165) is 11.8 Å². The van der Waals surface area contributed by atoms with Crippen molar-refractivity contribution < 1.29 is 13.6 Å². The number of rotatable bonds is 4. The number of amides is 1. The molecule has 2 aromatic rings. The minimum atomic E-state index is -1.28. The summed E-state index contributed by atoms with van der Waals surface area (Å²) in [5.74, 6) is -3.09. The quantitative estimate of drug-likeness (QED) is 0.807. The Hall–Kier alpha value is -2.01. The number of aromatic nitrogens is 1. The van der Waals surface area contributed by atoms with Crippen molar-refractivity contribution in [3.05, 3.63) is 64.4 Å². The maximum atomic E-state index is 13.6. The highest BCUT2D eigenvalue weighted by atomic mass is 35.5. The summed E-state index contributed by atoms with van der Waals surface area (Å²) >= 11 is 5.89. The first-order valence-electron chi connectivity index (χ1n) is 6.36. The highest BCUT2D eigenvalue weighted by Crippen LogP contribution is 2.16. The Balaban J connectivity index is 2.25. The first-order chi connectivity index (χ1) is 10.0. The summed E-state index contributed by atoms with van der Waals surface area (Å²) in [6.45, 7) is 2.38. The van der Waals surface area contributed by atoms with Gasteiger partial charge in [-0.1, -0.05) is 23.7 Å². The number of halogens is 3. The van der Waals surface area contributed by atoms with Gasteiger partial charge in [-0.3, -0.25) is 4.79 Å². The van der Waals surface area contributed by atoms with Crippen molar-refractivity contribution in [3.8, 4) is 0 Å². The normalized spacial score (nSPS) is 10.5. The number of nitrogens with zero attached hydrogens (tertiary/aromatic N) is 2. The van der Waals surface area contributed by atoms with Gasteiger partial charge in [-0.25, -0.2) is 9.37 Å². The van der Waals surface area contributed by atoms with Crippen LogP contribution in [0.15, 0.2) is 36.5 Å². The Morgan fingerprint density at radius 3 is 2.76 bits per heavy atom. The SMILES string of the molecule is CCN(Cc1cccc(Cl)c1)C(=O)c1ccnc(F)c1F. The molecule has 0 bridgehead atoms. The number of benzene rings is 1. The average molecular weight is 311 g/mol. The molecule has 0 unspecified atom stereocenters. The van der Waals surface area contributed by atoms with Gasteiger partial charge < -0.3 is 4.90 Å². The van der Waals surface area contributed by atoms with Crippen LogP contribution in [0.4, 0.5) is 8.78 Å². The fourth-order valence-electron chi connectivity index (χ4n) is 1.94. The van der Waals surface area contributed by atoms with Crippen molar-refractivity contribution >= 4 is 17.5 Å². The molecular weight excluding hydrogens is 298 g/mol. The van der Waals surface area contributed by atoms with Crippen LogP contribution in [0.5, 0.6) is 0 Å². The molecule has 0 aliphatic heterocycles. The Bertz CT molecular complexity index is 664. The molecule has 0 saturated heterocycles. The third kappa shape index (κ3) is 3.55. The molecule has 0 saturated carbocycles. The second kappa shape index (κ2) is 6.63. The fourth-order valence-corrected chi connectivity index (χ4v) is 2.15. The summed E-state index contributed by atoms with van der Waals surface area (Å²) in [6.07, 6.45) is 1.07. The summed E-state index contributed by atoms with van der Waals surface area (Å²) < 4.78 is 26.8. The van der Waals surface area contributed by atoms with Gasteiger partial charge in [0.15, 0.2) is 5.82 Å². The third-order valence-corrected chi connectivity index (χ3v) is 3.24. The molecule has 0 spiro atoms. The molecule has 0 aliphatic carbocycles. The smallest absolute Gasteiger partial charge is 0.257 e. The van der Waals surface area contributed by atoms with Crippen molar-refractivity contribution in [2.75, 3.05) is 6.54 Å². The molecule has 0 radical (unpaired) electrons. The van der Waals surface area contributed by atoms with Gasteiger partial charge in [0.05, 0.1) is 5.56 Å². The molecular formula is C15H13ClF2N2O. The largest absolute Gasteiger partial charge is 0.335 e. The lowest BCUT2D eigenvalue weighted by atomic mass is 10.1. The van der Waals surface area contributed by atoms with E-state index in [4.69, 9.17) is 11.6 Å². The fraction of sp³-hybridized carbons (Fsp3) is 0.200. The second-order valence-electron chi connectivity index (χ2n) is 4.41. The van der Waals surface area contributed by atoms with Gasteiger partial charge >= 0.3 is 0 Å². The van der Waals surface area contributed by atoms with E-state index < -0.39 is 17.7 Å². The van der Waals surface area contributed by atoms with Crippen molar-refractivity contribution in [3.63, 3.8) is 0 Å². The number of hydrogen-bond donors (Lipinski definition) is 0. The van der Waals surface area contributed by atoms with E-state index in [1.165, 1.54) is 11.0 Å². The standard InChI is InChI=1S/C15H13ClF2N2O/c1-2-20(9-10-4-3-5-11(16)8-10)15(21)12-6-7-19-14(18)13(12)17/h3-8H,2,9H2,1H3. The van der Waals surface area contributed by atoms with E-state index in [1.54, 1.807) is 25.1 Å². The Morgan fingerprint density at radius 1 is 1.33 bits per heavy atom. The molecule has 1 aromatic carbocycles. The van der Waals surface area contributed by atoms with Gasteiger partial charge in [-0.2, -0.15) is 4.39 Å². The summed E-state index contributed by atoms with van der Waals surface area (Å²) in [6, 6.07) is 8.19. The molecule has 1 aromatic heterocycles. The van der Waals surface area contributed by atoms with Crippen molar-refractivity contribution in [1.82, 2.24) is 9.88 Å². The number of carbonyl (C=O) groups excluding carboxylic acids is 1. The topological polar surface area (TPSA) is 33.2 Å². The van der Waals surface area contributed by atoms with Gasteiger partial charge in [-0.15, -0.1) is 0 Å². The molecule has 21 heavy (non-hydrogen) atoms. The highest BCUT2D eigenvalue weighted by molar-refractivity contribution is 6.30. The van der Waals surface area contributed by atoms with Gasteiger partial charge in [0.2, 0.25) is 5.95 Å². The van der Waals surface area contributed by atoms with E-state index >= 15 is 0 Å². The third-order valence-electron chi connectivity index (χ3n) is 3.01. The van der Waals surface area contributed by atoms with E-state index in [0.29, 0.717) is 11.6 Å². The molecule has 6 heteroatoms. The molecule has 2 rings (SSSR count). The minimum absolute atomic E-state index is 0.263. The lowest BCUT2D eigenvalue weighted by molar-refractivity contribution is 0.0746. The van der Waals surface area contributed by atoms with Crippen LogP contribution in [-0.4, -0.2) is 22.3 Å². The van der Waals surface area contributed by atoms with Crippen LogP contribution in [0, 0.1) is 11.8 Å². The van der Waals surface area contributed by atoms with E-state index in [2.05, 4.69) is 4.98 Å². The van der Waals surface area contributed by atoms with Gasteiger partial charge in [0.1, 0.15) is 0 Å². The van der Waals surface area contributed by atoms with E-state index in [9.17, 15) is 13.6 Å². The number of hydrogen-bond acceptors (Lipinski definition) is 2. The minimum Gasteiger partial charge on any atom is -0.335 e. The lowest BCUT2D eigenvalue weighted by Gasteiger charge is -2.21. The Morgan fingerprint density at radius 2 is 2.10 bits per heavy atom. The molecule has 0 atom stereocenters. The van der Waals surface area contributed by atoms with Crippen LogP contribution in [0.3, 0.4) is 0 Å². The highest BCUT2D eigenvalue weighted by Gasteiger charge is 2.21. The molecule has 1 heterocycles. The number of pyridine rings is 1. The van der Waals surface area contributed by atoms with E-state index in [1.807, 2.05) is 6.07 Å². The van der Waals surface area contributed by atoms with Crippen LogP contribution >= 0.6 is 11.6 Å². The molecule has 0 fully saturated rings. The summed E-state index contributed by atoms with van der Waals surface area (Å²) in [7, 11) is 0. The summed E-state index contributed by atoms with van der Waals surface area (Å²) in [5, 5.41) is 0.553. The Kier molecular flexibility index (Phi) is 4.85. The molecule has 0 aliphatic rings. The van der Waals surface area contributed by atoms with Crippen LogP contribution in [0.2, 0.25) is 5.02 Å².